The number of amides is 1. The van der Waals surface area contributed by atoms with Crippen LogP contribution in [0, 0.1) is 0 Å². The van der Waals surface area contributed by atoms with Gasteiger partial charge < -0.3 is 10.0 Å². The minimum atomic E-state index is -0.618. The van der Waals surface area contributed by atoms with Crippen molar-refractivity contribution in [3.8, 4) is 0 Å². The van der Waals surface area contributed by atoms with Gasteiger partial charge in [0.1, 0.15) is 0 Å². The molecule has 0 spiro atoms. The zero-order valence-electron chi connectivity index (χ0n) is 11.2. The number of carbonyl (C=O) groups is 1. The molecular formula is C14H20N2O2S. The van der Waals surface area contributed by atoms with Gasteiger partial charge in [0.05, 0.1) is 11.4 Å². The second-order valence-electron chi connectivity index (χ2n) is 5.20. The monoisotopic (exact) mass is 280 g/mol. The van der Waals surface area contributed by atoms with Crippen molar-refractivity contribution in [1.29, 1.82) is 0 Å². The van der Waals surface area contributed by atoms with Gasteiger partial charge in [-0.05, 0) is 38.3 Å². The minimum absolute atomic E-state index is 0.152. The Balaban J connectivity index is 1.83. The number of rotatable bonds is 3. The van der Waals surface area contributed by atoms with Crippen molar-refractivity contribution in [2.24, 2.45) is 0 Å². The van der Waals surface area contributed by atoms with Crippen LogP contribution in [0.1, 0.15) is 26.2 Å². The number of nitrogens with zero attached hydrogens (tertiary/aromatic N) is 2. The highest BCUT2D eigenvalue weighted by atomic mass is 32.2. The molecule has 4 nitrogen and oxygen atoms in total. The van der Waals surface area contributed by atoms with Gasteiger partial charge in [-0.2, -0.15) is 0 Å². The number of hydrogen-bond donors (Lipinski definition) is 1. The third-order valence-electron chi connectivity index (χ3n) is 3.43. The van der Waals surface area contributed by atoms with E-state index in [2.05, 4.69) is 4.98 Å². The Kier molecular flexibility index (Phi) is 4.82. The highest BCUT2D eigenvalue weighted by molar-refractivity contribution is 8.00. The fourth-order valence-corrected chi connectivity index (χ4v) is 2.97. The maximum atomic E-state index is 12.1. The number of pyridine rings is 1. The van der Waals surface area contributed by atoms with E-state index < -0.39 is 5.60 Å². The quantitative estimate of drug-likeness (QED) is 0.860. The molecule has 1 unspecified atom stereocenters. The fraction of sp³-hybridized carbons (Fsp3) is 0.571. The average molecular weight is 280 g/mol. The summed E-state index contributed by atoms with van der Waals surface area (Å²) in [5, 5.41) is 10.0. The van der Waals surface area contributed by atoms with E-state index in [4.69, 9.17) is 0 Å². The summed E-state index contributed by atoms with van der Waals surface area (Å²) in [5.74, 6) is 0.603. The number of aromatic nitrogens is 1. The van der Waals surface area contributed by atoms with Gasteiger partial charge in [0, 0.05) is 30.4 Å². The van der Waals surface area contributed by atoms with Gasteiger partial charge >= 0.3 is 0 Å². The molecule has 0 saturated carbocycles. The van der Waals surface area contributed by atoms with Gasteiger partial charge in [-0.15, -0.1) is 11.8 Å². The van der Waals surface area contributed by atoms with Crippen molar-refractivity contribution in [3.05, 3.63) is 24.5 Å². The van der Waals surface area contributed by atoms with Crippen molar-refractivity contribution < 1.29 is 9.90 Å². The Morgan fingerprint density at radius 3 is 2.89 bits per heavy atom. The molecule has 1 fully saturated rings. The molecule has 1 N–H and O–H groups in total. The molecule has 19 heavy (non-hydrogen) atoms. The first kappa shape index (κ1) is 14.3. The zero-order chi connectivity index (χ0) is 13.7. The van der Waals surface area contributed by atoms with Crippen LogP contribution >= 0.6 is 11.8 Å². The third kappa shape index (κ3) is 4.51. The Bertz CT molecular complexity index is 423. The lowest BCUT2D eigenvalue weighted by molar-refractivity contribution is -0.128. The first-order chi connectivity index (χ1) is 9.07. The second-order valence-corrected chi connectivity index (χ2v) is 6.25. The van der Waals surface area contributed by atoms with Crippen LogP contribution in [0.2, 0.25) is 0 Å². The Morgan fingerprint density at radius 2 is 2.16 bits per heavy atom. The maximum Gasteiger partial charge on any atom is 0.232 e. The Morgan fingerprint density at radius 1 is 1.42 bits per heavy atom. The van der Waals surface area contributed by atoms with Crippen LogP contribution in [-0.2, 0) is 4.79 Å². The molecule has 1 aromatic heterocycles. The number of aliphatic hydroxyl groups is 1. The lowest BCUT2D eigenvalue weighted by Gasteiger charge is -2.22. The standard InChI is InChI=1S/C14H20N2O2S/c1-14(18)5-2-9-16(10-6-14)13(17)11-19-12-3-7-15-8-4-12/h3-4,7-8,18H,2,5-6,9-11H2,1H3. The summed E-state index contributed by atoms with van der Waals surface area (Å²) < 4.78 is 0. The molecule has 0 aliphatic carbocycles. The van der Waals surface area contributed by atoms with Crippen molar-refractivity contribution in [3.63, 3.8) is 0 Å². The molecule has 5 heteroatoms. The van der Waals surface area contributed by atoms with Gasteiger partial charge in [0.25, 0.3) is 0 Å². The molecule has 1 saturated heterocycles. The second kappa shape index (κ2) is 6.39. The van der Waals surface area contributed by atoms with Gasteiger partial charge in [0.15, 0.2) is 0 Å². The van der Waals surface area contributed by atoms with Gasteiger partial charge in [-0.25, -0.2) is 0 Å². The van der Waals surface area contributed by atoms with Crippen LogP contribution in [0.25, 0.3) is 0 Å². The van der Waals surface area contributed by atoms with Crippen molar-refractivity contribution in [1.82, 2.24) is 9.88 Å². The summed E-state index contributed by atoms with van der Waals surface area (Å²) in [5.41, 5.74) is -0.618. The van der Waals surface area contributed by atoms with E-state index in [1.165, 1.54) is 11.8 Å². The van der Waals surface area contributed by atoms with Crippen LogP contribution in [0.4, 0.5) is 0 Å². The number of carbonyl (C=O) groups excluding carboxylic acids is 1. The Hall–Kier alpha value is -1.07. The van der Waals surface area contributed by atoms with E-state index in [0.717, 1.165) is 24.3 Å². The molecule has 2 heterocycles. The van der Waals surface area contributed by atoms with Crippen LogP contribution in [0.15, 0.2) is 29.4 Å². The normalized spacial score (nSPS) is 24.0. The van der Waals surface area contributed by atoms with Crippen LogP contribution in [-0.4, -0.2) is 45.3 Å². The molecule has 0 radical (unpaired) electrons. The van der Waals surface area contributed by atoms with E-state index in [1.54, 1.807) is 12.4 Å². The molecule has 1 atom stereocenters. The SMILES string of the molecule is CC1(O)CCCN(C(=O)CSc2ccncc2)CC1. The number of hydrogen-bond acceptors (Lipinski definition) is 4. The molecule has 104 valence electrons. The molecule has 1 aliphatic heterocycles. The lowest BCUT2D eigenvalue weighted by atomic mass is 9.98. The average Bonchev–Trinajstić information content (AvgIpc) is 2.58. The largest absolute Gasteiger partial charge is 0.390 e. The fourth-order valence-electron chi connectivity index (χ4n) is 2.18. The summed E-state index contributed by atoms with van der Waals surface area (Å²) in [6.45, 7) is 3.27. The molecule has 0 bridgehead atoms. The summed E-state index contributed by atoms with van der Waals surface area (Å²) in [6, 6.07) is 3.82. The van der Waals surface area contributed by atoms with Crippen molar-refractivity contribution in [2.45, 2.75) is 36.7 Å². The van der Waals surface area contributed by atoms with Crippen LogP contribution in [0.5, 0.6) is 0 Å². The van der Waals surface area contributed by atoms with E-state index >= 15 is 0 Å². The molecule has 0 aromatic carbocycles. The number of thioether (sulfide) groups is 1. The van der Waals surface area contributed by atoms with Gasteiger partial charge in [-0.1, -0.05) is 0 Å². The first-order valence-corrected chi connectivity index (χ1v) is 7.58. The predicted molar refractivity (Wildman–Crippen MR) is 76.0 cm³/mol. The predicted octanol–water partition coefficient (Wildman–Crippen LogP) is 1.94. The maximum absolute atomic E-state index is 12.1. The summed E-state index contributed by atoms with van der Waals surface area (Å²) in [6.07, 6.45) is 5.78. The van der Waals surface area contributed by atoms with Crippen molar-refractivity contribution >= 4 is 17.7 Å². The van der Waals surface area contributed by atoms with Crippen LogP contribution in [0.3, 0.4) is 0 Å². The molecule has 2 rings (SSSR count). The van der Waals surface area contributed by atoms with Gasteiger partial charge in [0.2, 0.25) is 5.91 Å². The van der Waals surface area contributed by atoms with E-state index in [0.29, 0.717) is 18.7 Å². The Labute approximate surface area is 118 Å². The third-order valence-corrected chi connectivity index (χ3v) is 4.43. The molecule has 1 aromatic rings. The van der Waals surface area contributed by atoms with Crippen molar-refractivity contribution in [2.75, 3.05) is 18.8 Å². The summed E-state index contributed by atoms with van der Waals surface area (Å²) in [7, 11) is 0. The minimum Gasteiger partial charge on any atom is -0.390 e. The summed E-state index contributed by atoms with van der Waals surface area (Å²) >= 11 is 1.54. The highest BCUT2D eigenvalue weighted by Crippen LogP contribution is 2.23. The molecule has 1 aliphatic rings. The summed E-state index contributed by atoms with van der Waals surface area (Å²) in [4.78, 5) is 19.0. The first-order valence-electron chi connectivity index (χ1n) is 6.60. The smallest absolute Gasteiger partial charge is 0.232 e. The van der Waals surface area contributed by atoms with E-state index in [1.807, 2.05) is 24.0 Å². The molecule has 1 amide bonds. The topological polar surface area (TPSA) is 53.4 Å². The molecular weight excluding hydrogens is 260 g/mol. The van der Waals surface area contributed by atoms with E-state index in [-0.39, 0.29) is 5.91 Å². The zero-order valence-corrected chi connectivity index (χ0v) is 12.0. The van der Waals surface area contributed by atoms with E-state index in [9.17, 15) is 9.90 Å². The number of likely N-dealkylation sites (tertiary alicyclic amines) is 1. The lowest BCUT2D eigenvalue weighted by Crippen LogP contribution is -2.34. The van der Waals surface area contributed by atoms with Gasteiger partial charge in [-0.3, -0.25) is 9.78 Å². The highest BCUT2D eigenvalue weighted by Gasteiger charge is 2.26. The van der Waals surface area contributed by atoms with Crippen LogP contribution < -0.4 is 0 Å².